The van der Waals surface area contributed by atoms with Crippen molar-refractivity contribution < 1.29 is 5.11 Å². The minimum absolute atomic E-state index is 0.0429. The molecule has 0 amide bonds. The largest absolute Gasteiger partial charge is 0.392 e. The third-order valence-electron chi connectivity index (χ3n) is 6.90. The second-order valence-electron chi connectivity index (χ2n) is 9.47. The first-order chi connectivity index (χ1) is 17.1. The van der Waals surface area contributed by atoms with Gasteiger partial charge >= 0.3 is 0 Å². The first-order valence-electron chi connectivity index (χ1n) is 12.1. The molecular weight excluding hydrogens is 462 g/mol. The van der Waals surface area contributed by atoms with Crippen LogP contribution in [0.4, 0.5) is 17.3 Å². The van der Waals surface area contributed by atoms with E-state index >= 15 is 0 Å². The fraction of sp³-hybridized carbons (Fsp3) is 0.400. The maximum absolute atomic E-state index is 13.2. The lowest BCUT2D eigenvalue weighted by molar-refractivity contribution is 0.280. The van der Waals surface area contributed by atoms with Gasteiger partial charge in [0.2, 0.25) is 5.95 Å². The molecule has 182 valence electrons. The number of aliphatic hydroxyl groups excluding tert-OH is 1. The summed E-state index contributed by atoms with van der Waals surface area (Å²) in [5, 5.41) is 17.9. The predicted octanol–water partition coefficient (Wildman–Crippen LogP) is 3.04. The maximum atomic E-state index is 13.2. The van der Waals surface area contributed by atoms with Crippen molar-refractivity contribution in [3.63, 3.8) is 0 Å². The summed E-state index contributed by atoms with van der Waals surface area (Å²) in [7, 11) is 2.13. The van der Waals surface area contributed by atoms with Gasteiger partial charge in [-0.1, -0.05) is 0 Å². The van der Waals surface area contributed by atoms with E-state index in [1.54, 1.807) is 22.2 Å². The van der Waals surface area contributed by atoms with Gasteiger partial charge in [-0.05, 0) is 55.5 Å². The molecule has 1 saturated heterocycles. The first kappa shape index (κ1) is 22.3. The molecule has 10 heteroatoms. The van der Waals surface area contributed by atoms with Crippen LogP contribution in [0.15, 0.2) is 46.0 Å². The Morgan fingerprint density at radius 1 is 1.17 bits per heavy atom. The van der Waals surface area contributed by atoms with Crippen LogP contribution in [0.2, 0.25) is 0 Å². The molecule has 3 aromatic heterocycles. The Kier molecular flexibility index (Phi) is 5.79. The zero-order valence-corrected chi connectivity index (χ0v) is 20.5. The van der Waals surface area contributed by atoms with E-state index in [1.807, 2.05) is 39.7 Å². The Balaban J connectivity index is 1.33. The number of hydrogen-bond donors (Lipinski definition) is 2. The van der Waals surface area contributed by atoms with Gasteiger partial charge in [0.25, 0.3) is 5.56 Å². The molecule has 0 unspecified atom stereocenters. The van der Waals surface area contributed by atoms with Gasteiger partial charge < -0.3 is 20.2 Å². The minimum Gasteiger partial charge on any atom is -0.392 e. The Morgan fingerprint density at radius 2 is 2.00 bits per heavy atom. The van der Waals surface area contributed by atoms with Crippen molar-refractivity contribution in [2.24, 2.45) is 5.92 Å². The number of fused-ring (bicyclic) bond motifs is 1. The van der Waals surface area contributed by atoms with Crippen LogP contribution in [0.1, 0.15) is 18.4 Å². The lowest BCUT2D eigenvalue weighted by Crippen LogP contribution is -2.44. The number of aliphatic hydroxyl groups is 1. The third kappa shape index (κ3) is 4.33. The number of anilines is 3. The molecule has 4 aromatic rings. The monoisotopic (exact) mass is 491 g/mol. The van der Waals surface area contributed by atoms with Crippen LogP contribution in [-0.4, -0.2) is 62.6 Å². The summed E-state index contributed by atoms with van der Waals surface area (Å²) in [6, 6.07) is 7.99. The van der Waals surface area contributed by atoms with E-state index in [2.05, 4.69) is 27.1 Å². The van der Waals surface area contributed by atoms with Crippen LogP contribution in [0.5, 0.6) is 0 Å². The molecule has 6 rings (SSSR count). The third-order valence-corrected chi connectivity index (χ3v) is 7.58. The quantitative estimate of drug-likeness (QED) is 0.411. The van der Waals surface area contributed by atoms with Gasteiger partial charge in [-0.25, -0.2) is 14.3 Å². The molecule has 0 radical (unpaired) electrons. The molecule has 4 heterocycles. The molecule has 0 atom stereocenters. The van der Waals surface area contributed by atoms with Gasteiger partial charge in [-0.3, -0.25) is 4.79 Å². The van der Waals surface area contributed by atoms with Crippen molar-refractivity contribution in [1.29, 1.82) is 0 Å². The molecule has 1 aliphatic carbocycles. The van der Waals surface area contributed by atoms with Crippen molar-refractivity contribution >= 4 is 39.7 Å². The Labute approximate surface area is 207 Å². The van der Waals surface area contributed by atoms with E-state index in [1.165, 1.54) is 0 Å². The first-order valence-corrected chi connectivity index (χ1v) is 13.0. The smallest absolute Gasteiger partial charge is 0.278 e. The highest BCUT2D eigenvalue weighted by molar-refractivity contribution is 7.08. The van der Waals surface area contributed by atoms with Crippen molar-refractivity contribution in [2.75, 3.05) is 43.4 Å². The van der Waals surface area contributed by atoms with Gasteiger partial charge in [-0.15, -0.1) is 0 Å². The number of hydrogen-bond acceptors (Lipinski definition) is 8. The topological polar surface area (TPSA) is 91.5 Å². The van der Waals surface area contributed by atoms with Crippen LogP contribution < -0.4 is 15.8 Å². The summed E-state index contributed by atoms with van der Waals surface area (Å²) in [6.45, 7) is 4.54. The second-order valence-corrected chi connectivity index (χ2v) is 10.3. The average molecular weight is 492 g/mol. The molecule has 35 heavy (non-hydrogen) atoms. The molecule has 0 spiro atoms. The zero-order chi connectivity index (χ0) is 23.9. The fourth-order valence-corrected chi connectivity index (χ4v) is 5.33. The van der Waals surface area contributed by atoms with Crippen LogP contribution in [0, 0.1) is 5.92 Å². The number of nitrogens with one attached hydrogen (secondary N) is 1. The number of nitrogens with zero attached hydrogens (tertiary/aromatic N) is 6. The van der Waals surface area contributed by atoms with Crippen LogP contribution in [0.3, 0.4) is 0 Å². The maximum Gasteiger partial charge on any atom is 0.278 e. The molecule has 1 aromatic carbocycles. The van der Waals surface area contributed by atoms with E-state index in [4.69, 9.17) is 4.98 Å². The molecule has 9 nitrogen and oxygen atoms in total. The lowest BCUT2D eigenvalue weighted by Gasteiger charge is -2.35. The Hall–Kier alpha value is -3.21. The zero-order valence-electron chi connectivity index (χ0n) is 19.7. The molecule has 0 bridgehead atoms. The number of aromatic nitrogens is 4. The molecule has 1 saturated carbocycles. The van der Waals surface area contributed by atoms with Gasteiger partial charge in [0.1, 0.15) is 5.39 Å². The lowest BCUT2D eigenvalue weighted by atomic mass is 10.1. The molecule has 2 N–H and O–H groups in total. The summed E-state index contributed by atoms with van der Waals surface area (Å²) < 4.78 is 3.73. The van der Waals surface area contributed by atoms with E-state index < -0.39 is 0 Å². The number of benzene rings is 1. The summed E-state index contributed by atoms with van der Waals surface area (Å²) in [4.78, 5) is 27.0. The summed E-state index contributed by atoms with van der Waals surface area (Å²) >= 11 is 1.59. The molecule has 2 aliphatic rings. The van der Waals surface area contributed by atoms with Crippen molar-refractivity contribution in [2.45, 2.75) is 26.0 Å². The normalized spacial score (nSPS) is 16.8. The summed E-state index contributed by atoms with van der Waals surface area (Å²) in [6.07, 6.45) is 3.94. The predicted molar refractivity (Wildman–Crippen MR) is 139 cm³/mol. The van der Waals surface area contributed by atoms with Gasteiger partial charge in [0.15, 0.2) is 5.65 Å². The number of rotatable bonds is 7. The van der Waals surface area contributed by atoms with Crippen molar-refractivity contribution in [3.8, 4) is 5.69 Å². The van der Waals surface area contributed by atoms with E-state index in [0.717, 1.165) is 61.6 Å². The van der Waals surface area contributed by atoms with Crippen molar-refractivity contribution in [1.82, 2.24) is 24.2 Å². The number of likely N-dealkylation sites (N-methyl/N-ethyl adjacent to an activating group) is 1. The molecule has 1 aliphatic heterocycles. The summed E-state index contributed by atoms with van der Waals surface area (Å²) in [5.41, 5.74) is 4.21. The highest BCUT2D eigenvalue weighted by Crippen LogP contribution is 2.31. The molecular formula is C25H29N7O2S. The highest BCUT2D eigenvalue weighted by atomic mass is 32.1. The average Bonchev–Trinajstić information content (AvgIpc) is 3.45. The Bertz CT molecular complexity index is 1400. The van der Waals surface area contributed by atoms with E-state index in [9.17, 15) is 9.90 Å². The Morgan fingerprint density at radius 3 is 2.71 bits per heavy atom. The molecule has 2 fully saturated rings. The SMILES string of the molecule is CN1CCN(c2ccc(Nc3ncc4c(=O)n(CC5CC5)n(-c5ccsc5)c4n3)cc2CO)CC1. The number of piperazine rings is 1. The van der Waals surface area contributed by atoms with Crippen LogP contribution in [-0.2, 0) is 13.2 Å². The van der Waals surface area contributed by atoms with Crippen LogP contribution >= 0.6 is 11.3 Å². The minimum atomic E-state index is -0.0521. The van der Waals surface area contributed by atoms with Crippen molar-refractivity contribution in [3.05, 3.63) is 57.1 Å². The van der Waals surface area contributed by atoms with E-state index in [0.29, 0.717) is 29.4 Å². The number of thiophene rings is 1. The second kappa shape index (κ2) is 9.10. The van der Waals surface area contributed by atoms with Gasteiger partial charge in [-0.2, -0.15) is 16.3 Å². The van der Waals surface area contributed by atoms with Gasteiger partial charge in [0, 0.05) is 61.2 Å². The highest BCUT2D eigenvalue weighted by Gasteiger charge is 2.26. The van der Waals surface area contributed by atoms with Gasteiger partial charge in [0.05, 0.1) is 12.3 Å². The van der Waals surface area contributed by atoms with E-state index in [-0.39, 0.29) is 12.2 Å². The van der Waals surface area contributed by atoms with Crippen LogP contribution in [0.25, 0.3) is 16.7 Å². The standard InChI is InChI=1S/C25H29N7O2S/c1-29-7-9-30(10-8-29)22-5-4-19(12-18(22)15-33)27-25-26-13-21-23(28-25)32(20-6-11-35-16-20)31(24(21)34)14-17-2-3-17/h4-6,11-13,16-17,33H,2-3,7-10,14-15H2,1H3,(H,26,27,28). The fourth-order valence-electron chi connectivity index (χ4n) is 4.71. The summed E-state index contributed by atoms with van der Waals surface area (Å²) in [5.74, 6) is 0.969.